The number of nitrogens with zero attached hydrogens (tertiary/aromatic N) is 2. The lowest BCUT2D eigenvalue weighted by molar-refractivity contribution is -0.496. The third-order valence-electron chi connectivity index (χ3n) is 2.81. The highest BCUT2D eigenvalue weighted by Gasteiger charge is 1.87. The zero-order valence-electron chi connectivity index (χ0n) is 12.1. The molecular formula is C19H19N2+. The summed E-state index contributed by atoms with van der Waals surface area (Å²) in [5.41, 5.74) is 2.34. The summed E-state index contributed by atoms with van der Waals surface area (Å²) < 4.78 is 1.77. The molecule has 0 saturated heterocycles. The van der Waals surface area contributed by atoms with Gasteiger partial charge in [0.25, 0.3) is 0 Å². The highest BCUT2D eigenvalue weighted by molar-refractivity contribution is 5.78. The number of hydrazone groups is 1. The molecule has 0 radical (unpaired) electrons. The first kappa shape index (κ1) is 14.7. The summed E-state index contributed by atoms with van der Waals surface area (Å²) in [6.07, 6.45) is 11.7. The van der Waals surface area contributed by atoms with Crippen molar-refractivity contribution in [3.05, 3.63) is 83.9 Å². The maximum Gasteiger partial charge on any atom is 0.195 e. The van der Waals surface area contributed by atoms with Crippen molar-refractivity contribution in [3.8, 4) is 0 Å². The molecule has 0 aliphatic rings. The van der Waals surface area contributed by atoms with Crippen molar-refractivity contribution in [3.63, 3.8) is 0 Å². The molecule has 0 aliphatic heterocycles. The minimum Gasteiger partial charge on any atom is -0.0941 e. The van der Waals surface area contributed by atoms with Gasteiger partial charge in [0.15, 0.2) is 13.3 Å². The standard InChI is InChI=1S/C19H19N2/c1-21(17-9-15-19-12-6-3-7-13-19)20-16-8-14-18-10-4-2-5-11-18/h2-17H,1H3/q+1. The van der Waals surface area contributed by atoms with Crippen LogP contribution in [0.2, 0.25) is 0 Å². The summed E-state index contributed by atoms with van der Waals surface area (Å²) in [6, 6.07) is 20.4. The van der Waals surface area contributed by atoms with Crippen LogP contribution in [0.5, 0.6) is 0 Å². The van der Waals surface area contributed by atoms with E-state index in [-0.39, 0.29) is 0 Å². The Hall–Kier alpha value is -2.74. The molecule has 2 nitrogen and oxygen atoms in total. The summed E-state index contributed by atoms with van der Waals surface area (Å²) in [4.78, 5) is 0. The minimum atomic E-state index is 1.17. The molecule has 0 aliphatic carbocycles. The Morgan fingerprint density at radius 1 is 0.762 bits per heavy atom. The Morgan fingerprint density at radius 3 is 1.86 bits per heavy atom. The van der Waals surface area contributed by atoms with Gasteiger partial charge in [-0.05, 0) is 28.4 Å². The predicted molar refractivity (Wildman–Crippen MR) is 91.7 cm³/mol. The van der Waals surface area contributed by atoms with Crippen LogP contribution >= 0.6 is 0 Å². The molecule has 0 fully saturated rings. The molecule has 0 heterocycles. The van der Waals surface area contributed by atoms with Crippen LogP contribution in [0.15, 0.2) is 77.9 Å². The fraction of sp³-hybridized carbons (Fsp3) is 0.0526. The topological polar surface area (TPSA) is 15.4 Å². The van der Waals surface area contributed by atoms with Gasteiger partial charge >= 0.3 is 0 Å². The van der Waals surface area contributed by atoms with E-state index in [0.717, 1.165) is 0 Å². The average Bonchev–Trinajstić information content (AvgIpc) is 2.54. The monoisotopic (exact) mass is 275 g/mol. The fourth-order valence-electron chi connectivity index (χ4n) is 1.74. The van der Waals surface area contributed by atoms with Crippen molar-refractivity contribution in [2.45, 2.75) is 0 Å². The van der Waals surface area contributed by atoms with Gasteiger partial charge in [0.2, 0.25) is 0 Å². The zero-order chi connectivity index (χ0) is 14.8. The van der Waals surface area contributed by atoms with Crippen molar-refractivity contribution in [1.82, 2.24) is 0 Å². The van der Waals surface area contributed by atoms with Crippen LogP contribution in [0.1, 0.15) is 11.1 Å². The first-order valence-electron chi connectivity index (χ1n) is 6.90. The van der Waals surface area contributed by atoms with E-state index in [1.807, 2.05) is 74.0 Å². The van der Waals surface area contributed by atoms with Crippen LogP contribution < -0.4 is 0 Å². The summed E-state index contributed by atoms with van der Waals surface area (Å²) >= 11 is 0. The molecule has 2 aromatic rings. The average molecular weight is 275 g/mol. The maximum absolute atomic E-state index is 4.29. The summed E-state index contributed by atoms with van der Waals surface area (Å²) in [5, 5.41) is 4.29. The van der Waals surface area contributed by atoms with E-state index >= 15 is 0 Å². The molecule has 0 aromatic heterocycles. The van der Waals surface area contributed by atoms with Gasteiger partial charge in [-0.15, -0.1) is 0 Å². The number of hydrogen-bond acceptors (Lipinski definition) is 1. The van der Waals surface area contributed by atoms with Crippen molar-refractivity contribution in [2.24, 2.45) is 5.10 Å². The van der Waals surface area contributed by atoms with Crippen molar-refractivity contribution >= 4 is 24.6 Å². The second kappa shape index (κ2) is 8.43. The van der Waals surface area contributed by atoms with Crippen LogP contribution in [0.25, 0.3) is 12.2 Å². The molecule has 0 atom stereocenters. The predicted octanol–water partition coefficient (Wildman–Crippen LogP) is 4.11. The first-order valence-corrected chi connectivity index (χ1v) is 6.90. The molecule has 2 heteroatoms. The summed E-state index contributed by atoms with van der Waals surface area (Å²) in [7, 11) is 1.90. The van der Waals surface area contributed by atoms with Crippen LogP contribution in [0.4, 0.5) is 0 Å². The van der Waals surface area contributed by atoms with Gasteiger partial charge in [-0.2, -0.15) is 0 Å². The quantitative estimate of drug-likeness (QED) is 0.443. The van der Waals surface area contributed by atoms with E-state index in [9.17, 15) is 0 Å². The van der Waals surface area contributed by atoms with Gasteiger partial charge in [-0.1, -0.05) is 71.4 Å². The largest absolute Gasteiger partial charge is 0.195 e. The molecule has 0 amide bonds. The van der Waals surface area contributed by atoms with Gasteiger partial charge in [0.05, 0.1) is 6.21 Å². The Kier molecular flexibility index (Phi) is 5.89. The SMILES string of the molecule is C[N+](=CC=Cc1ccccc1)N=CC=Cc1ccccc1. The third-order valence-corrected chi connectivity index (χ3v) is 2.81. The van der Waals surface area contributed by atoms with E-state index in [1.165, 1.54) is 11.1 Å². The molecular weight excluding hydrogens is 256 g/mol. The summed E-state index contributed by atoms with van der Waals surface area (Å²) in [5.74, 6) is 0. The molecule has 0 saturated carbocycles. The normalized spacial score (nSPS) is 12.7. The van der Waals surface area contributed by atoms with Crippen LogP contribution in [0, 0.1) is 0 Å². The number of hydrogen-bond donors (Lipinski definition) is 0. The number of benzene rings is 2. The molecule has 2 rings (SSSR count). The Labute approximate surface area is 126 Å². The molecule has 0 bridgehead atoms. The zero-order valence-corrected chi connectivity index (χ0v) is 12.1. The lowest BCUT2D eigenvalue weighted by atomic mass is 10.2. The van der Waals surface area contributed by atoms with Gasteiger partial charge in [0.1, 0.15) is 0 Å². The van der Waals surface area contributed by atoms with Crippen LogP contribution in [-0.4, -0.2) is 24.2 Å². The molecule has 0 unspecified atom stereocenters. The Morgan fingerprint density at radius 2 is 1.29 bits per heavy atom. The maximum atomic E-state index is 4.29. The minimum absolute atomic E-state index is 1.17. The van der Waals surface area contributed by atoms with E-state index in [4.69, 9.17) is 0 Å². The Bertz CT molecular complexity index is 650. The first-order chi connectivity index (χ1) is 10.3. The van der Waals surface area contributed by atoms with Gasteiger partial charge in [0, 0.05) is 6.08 Å². The highest BCUT2D eigenvalue weighted by atomic mass is 15.3. The van der Waals surface area contributed by atoms with E-state index in [1.54, 1.807) is 10.9 Å². The van der Waals surface area contributed by atoms with Crippen molar-refractivity contribution in [2.75, 3.05) is 7.05 Å². The number of rotatable bonds is 5. The Balaban J connectivity index is 1.87. The van der Waals surface area contributed by atoms with Gasteiger partial charge in [-0.25, -0.2) is 0 Å². The van der Waals surface area contributed by atoms with Crippen LogP contribution in [-0.2, 0) is 0 Å². The van der Waals surface area contributed by atoms with Gasteiger partial charge < -0.3 is 0 Å². The van der Waals surface area contributed by atoms with E-state index < -0.39 is 0 Å². The van der Waals surface area contributed by atoms with Crippen molar-refractivity contribution < 1.29 is 4.68 Å². The lowest BCUT2D eigenvalue weighted by Gasteiger charge is -1.88. The summed E-state index contributed by atoms with van der Waals surface area (Å²) in [6.45, 7) is 0. The smallest absolute Gasteiger partial charge is 0.0941 e. The fourth-order valence-corrected chi connectivity index (χ4v) is 1.74. The molecule has 0 spiro atoms. The van der Waals surface area contributed by atoms with Crippen molar-refractivity contribution in [1.29, 1.82) is 0 Å². The molecule has 0 N–H and O–H groups in total. The second-order valence-electron chi connectivity index (χ2n) is 4.53. The lowest BCUT2D eigenvalue weighted by Crippen LogP contribution is -1.95. The highest BCUT2D eigenvalue weighted by Crippen LogP contribution is 2.00. The number of allylic oxidation sites excluding steroid dienone is 2. The third kappa shape index (κ3) is 5.83. The molecule has 21 heavy (non-hydrogen) atoms. The van der Waals surface area contributed by atoms with E-state index in [2.05, 4.69) is 29.4 Å². The molecule has 104 valence electrons. The van der Waals surface area contributed by atoms with E-state index in [0.29, 0.717) is 0 Å². The van der Waals surface area contributed by atoms with Gasteiger partial charge in [-0.3, -0.25) is 0 Å². The van der Waals surface area contributed by atoms with Crippen LogP contribution in [0.3, 0.4) is 0 Å². The molecule has 2 aromatic carbocycles. The second-order valence-corrected chi connectivity index (χ2v) is 4.53.